The lowest BCUT2D eigenvalue weighted by Gasteiger charge is -2.17. The van der Waals surface area contributed by atoms with Gasteiger partial charge in [-0.05, 0) is 62.4 Å². The third kappa shape index (κ3) is 6.50. The van der Waals surface area contributed by atoms with E-state index in [9.17, 15) is 9.59 Å². The summed E-state index contributed by atoms with van der Waals surface area (Å²) in [5, 5.41) is 5.50. The second kappa shape index (κ2) is 10.9. The fourth-order valence-electron chi connectivity index (χ4n) is 2.81. The molecule has 166 valence electrons. The molecule has 2 aromatic carbocycles. The fourth-order valence-corrected chi connectivity index (χ4v) is 2.81. The first-order chi connectivity index (χ1) is 15.4. The number of carbonyl (C=O) groups excluding carboxylic acids is 2. The molecule has 0 bridgehead atoms. The summed E-state index contributed by atoms with van der Waals surface area (Å²) in [6.45, 7) is 4.09. The topological polar surface area (TPSA) is 89.8 Å². The quantitative estimate of drug-likeness (QED) is 0.498. The second-order valence-corrected chi connectivity index (χ2v) is 7.25. The highest BCUT2D eigenvalue weighted by Gasteiger charge is 2.17. The molecule has 1 heterocycles. The average molecular weight is 434 g/mol. The van der Waals surface area contributed by atoms with Gasteiger partial charge in [0.15, 0.2) is 0 Å². The summed E-state index contributed by atoms with van der Waals surface area (Å²) < 4.78 is 16.1. The molecular formula is C25H26N2O5. The Morgan fingerprint density at radius 1 is 1.03 bits per heavy atom. The molecule has 1 aromatic heterocycles. The molecule has 7 heteroatoms. The van der Waals surface area contributed by atoms with Gasteiger partial charge < -0.3 is 24.5 Å². The van der Waals surface area contributed by atoms with Gasteiger partial charge >= 0.3 is 0 Å². The number of methoxy groups -OCH3 is 1. The molecule has 7 nitrogen and oxygen atoms in total. The van der Waals surface area contributed by atoms with Gasteiger partial charge in [0.2, 0.25) is 0 Å². The summed E-state index contributed by atoms with van der Waals surface area (Å²) in [6, 6.07) is 17.3. The summed E-state index contributed by atoms with van der Waals surface area (Å²) in [6.07, 6.45) is 2.97. The van der Waals surface area contributed by atoms with Crippen molar-refractivity contribution in [1.82, 2.24) is 10.6 Å². The molecule has 2 N–H and O–H groups in total. The molecule has 0 aliphatic rings. The lowest BCUT2D eigenvalue weighted by Crippen LogP contribution is -2.41. The average Bonchev–Trinajstić information content (AvgIpc) is 3.31. The maximum atomic E-state index is 12.9. The van der Waals surface area contributed by atoms with Gasteiger partial charge in [0.25, 0.3) is 11.8 Å². The first kappa shape index (κ1) is 22.7. The van der Waals surface area contributed by atoms with E-state index in [0.717, 1.165) is 11.3 Å². The van der Waals surface area contributed by atoms with Crippen LogP contribution < -0.4 is 20.1 Å². The number of ether oxygens (including phenoxy) is 2. The smallest absolute Gasteiger partial charge is 0.268 e. The Hall–Kier alpha value is -4.00. The Labute approximate surface area is 187 Å². The van der Waals surface area contributed by atoms with Gasteiger partial charge in [0, 0.05) is 11.6 Å². The summed E-state index contributed by atoms with van der Waals surface area (Å²) in [7, 11) is 1.55. The van der Waals surface area contributed by atoms with E-state index in [1.165, 1.54) is 12.3 Å². The van der Waals surface area contributed by atoms with E-state index < -0.39 is 11.8 Å². The Balaban J connectivity index is 1.66. The maximum Gasteiger partial charge on any atom is 0.268 e. The van der Waals surface area contributed by atoms with Crippen molar-refractivity contribution in [2.75, 3.05) is 13.7 Å². The first-order valence-electron chi connectivity index (χ1n) is 10.2. The molecule has 3 aromatic rings. The monoisotopic (exact) mass is 434 g/mol. The number of rotatable bonds is 9. The van der Waals surface area contributed by atoms with Crippen molar-refractivity contribution in [2.45, 2.75) is 19.9 Å². The van der Waals surface area contributed by atoms with E-state index in [1.54, 1.807) is 43.5 Å². The molecule has 0 spiro atoms. The van der Waals surface area contributed by atoms with Crippen LogP contribution in [0.15, 0.2) is 77.0 Å². The maximum absolute atomic E-state index is 12.9. The number of furan rings is 1. The largest absolute Gasteiger partial charge is 0.497 e. The zero-order chi connectivity index (χ0) is 22.9. The number of aryl methyl sites for hydroxylation is 1. The Bertz CT molecular complexity index is 1050. The molecule has 2 amide bonds. The fraction of sp³-hybridized carbons (Fsp3) is 0.200. The highest BCUT2D eigenvalue weighted by molar-refractivity contribution is 6.05. The lowest BCUT2D eigenvalue weighted by atomic mass is 10.2. The summed E-state index contributed by atoms with van der Waals surface area (Å²) >= 11 is 0. The van der Waals surface area contributed by atoms with Crippen LogP contribution in [0.5, 0.6) is 11.5 Å². The number of benzene rings is 2. The number of nitrogens with one attached hydrogen (secondary N) is 2. The molecule has 0 fully saturated rings. The van der Waals surface area contributed by atoms with E-state index in [4.69, 9.17) is 13.9 Å². The van der Waals surface area contributed by atoms with Crippen LogP contribution in [0.2, 0.25) is 0 Å². The van der Waals surface area contributed by atoms with Crippen LogP contribution in [-0.4, -0.2) is 31.6 Å². The van der Waals surface area contributed by atoms with Gasteiger partial charge in [-0.2, -0.15) is 0 Å². The summed E-state index contributed by atoms with van der Waals surface area (Å²) in [4.78, 5) is 25.6. The minimum Gasteiger partial charge on any atom is -0.497 e. The molecule has 1 atom stereocenters. The van der Waals surface area contributed by atoms with Crippen molar-refractivity contribution in [3.63, 3.8) is 0 Å². The van der Waals surface area contributed by atoms with Gasteiger partial charge in [0.05, 0.1) is 19.4 Å². The highest BCUT2D eigenvalue weighted by atomic mass is 16.5. The SMILES string of the molecule is COc1ccc(C(=O)N/C(=C\c2ccco2)C(=O)N[C@H](C)COc2ccc(C)cc2)cc1. The van der Waals surface area contributed by atoms with Crippen molar-refractivity contribution >= 4 is 17.9 Å². The molecule has 0 unspecified atom stereocenters. The van der Waals surface area contributed by atoms with E-state index in [1.807, 2.05) is 38.1 Å². The van der Waals surface area contributed by atoms with Gasteiger partial charge in [-0.25, -0.2) is 0 Å². The Morgan fingerprint density at radius 2 is 1.72 bits per heavy atom. The minimum atomic E-state index is -0.455. The molecule has 0 saturated heterocycles. The predicted molar refractivity (Wildman–Crippen MR) is 121 cm³/mol. The number of hydrogen-bond acceptors (Lipinski definition) is 5. The van der Waals surface area contributed by atoms with Crippen LogP contribution in [0.3, 0.4) is 0 Å². The lowest BCUT2D eigenvalue weighted by molar-refractivity contribution is -0.118. The molecule has 0 aliphatic heterocycles. The van der Waals surface area contributed by atoms with E-state index in [-0.39, 0.29) is 18.3 Å². The Morgan fingerprint density at radius 3 is 2.34 bits per heavy atom. The van der Waals surface area contributed by atoms with Crippen LogP contribution in [0.1, 0.15) is 28.6 Å². The van der Waals surface area contributed by atoms with E-state index in [2.05, 4.69) is 10.6 Å². The molecule has 3 rings (SSSR count). The highest BCUT2D eigenvalue weighted by Crippen LogP contribution is 2.14. The van der Waals surface area contributed by atoms with Crippen molar-refractivity contribution in [3.05, 3.63) is 89.5 Å². The first-order valence-corrected chi connectivity index (χ1v) is 10.2. The van der Waals surface area contributed by atoms with Crippen LogP contribution >= 0.6 is 0 Å². The zero-order valence-electron chi connectivity index (χ0n) is 18.3. The molecular weight excluding hydrogens is 408 g/mol. The van der Waals surface area contributed by atoms with Gasteiger partial charge in [-0.15, -0.1) is 0 Å². The Kier molecular flexibility index (Phi) is 7.70. The number of carbonyl (C=O) groups is 2. The van der Waals surface area contributed by atoms with Crippen molar-refractivity contribution < 1.29 is 23.5 Å². The van der Waals surface area contributed by atoms with E-state index in [0.29, 0.717) is 17.1 Å². The van der Waals surface area contributed by atoms with Gasteiger partial charge in [0.1, 0.15) is 29.6 Å². The minimum absolute atomic E-state index is 0.0583. The van der Waals surface area contributed by atoms with Crippen LogP contribution in [0, 0.1) is 6.92 Å². The zero-order valence-corrected chi connectivity index (χ0v) is 18.3. The second-order valence-electron chi connectivity index (χ2n) is 7.25. The third-order valence-electron chi connectivity index (χ3n) is 4.57. The number of hydrogen-bond donors (Lipinski definition) is 2. The van der Waals surface area contributed by atoms with Crippen molar-refractivity contribution in [2.24, 2.45) is 0 Å². The van der Waals surface area contributed by atoms with E-state index >= 15 is 0 Å². The third-order valence-corrected chi connectivity index (χ3v) is 4.57. The van der Waals surface area contributed by atoms with Crippen LogP contribution in [0.4, 0.5) is 0 Å². The molecule has 0 saturated carbocycles. The van der Waals surface area contributed by atoms with Crippen molar-refractivity contribution in [3.8, 4) is 11.5 Å². The van der Waals surface area contributed by atoms with Gasteiger partial charge in [-0.3, -0.25) is 9.59 Å². The van der Waals surface area contributed by atoms with Crippen LogP contribution in [0.25, 0.3) is 6.08 Å². The normalized spacial score (nSPS) is 12.0. The summed E-state index contributed by atoms with van der Waals surface area (Å²) in [5.41, 5.74) is 1.58. The van der Waals surface area contributed by atoms with Gasteiger partial charge in [-0.1, -0.05) is 17.7 Å². The van der Waals surface area contributed by atoms with Crippen molar-refractivity contribution in [1.29, 1.82) is 0 Å². The number of amides is 2. The predicted octanol–water partition coefficient (Wildman–Crippen LogP) is 3.95. The summed E-state index contributed by atoms with van der Waals surface area (Å²) in [5.74, 6) is 0.907. The molecule has 0 radical (unpaired) electrons. The molecule has 32 heavy (non-hydrogen) atoms. The molecule has 0 aliphatic carbocycles. The standard InChI is InChI=1S/C25H26N2O5/c1-17-6-10-21(11-7-17)32-16-18(2)26-25(29)23(15-22-5-4-14-31-22)27-24(28)19-8-12-20(30-3)13-9-19/h4-15,18H,16H2,1-3H3,(H,26,29)(H,27,28)/b23-15-/t18-/m1/s1. The van der Waals surface area contributed by atoms with Crippen LogP contribution in [-0.2, 0) is 4.79 Å².